The molecule has 0 amide bonds. The fourth-order valence-electron chi connectivity index (χ4n) is 0. The minimum atomic E-state index is -5.39. The first-order valence-corrected chi connectivity index (χ1v) is 11.0. The van der Waals surface area contributed by atoms with Gasteiger partial charge in [-0.1, -0.05) is 0 Å². The van der Waals surface area contributed by atoms with Gasteiger partial charge in [-0.05, 0) is 0 Å². The van der Waals surface area contributed by atoms with Crippen molar-refractivity contribution in [3.8, 4) is 0 Å². The zero-order chi connectivity index (χ0) is 22.5. The van der Waals surface area contributed by atoms with Crippen LogP contribution >= 0.6 is 39.1 Å². The van der Waals surface area contributed by atoms with E-state index in [1.807, 2.05) is 0 Å². The van der Waals surface area contributed by atoms with Gasteiger partial charge in [-0.15, -0.1) is 0 Å². The Morgan fingerprint density at radius 1 is 0.276 bits per heavy atom. The second-order valence-electron chi connectivity index (χ2n) is 2.24. The monoisotopic (exact) mass is 646 g/mol. The SMILES string of the molecule is O.O=P([O-])([O-])[O-].O=P([O-])([O-])[O-].O=P([O-])([O-])[O-].O=P([O-])([O-])[O-].O=P([O-])([O-])[O-].[V].[V].[V]. The van der Waals surface area contributed by atoms with Crippen molar-refractivity contribution in [1.29, 1.82) is 0 Å². The van der Waals surface area contributed by atoms with E-state index >= 15 is 0 Å². The quantitative estimate of drug-likeness (QED) is 0.220. The summed E-state index contributed by atoms with van der Waals surface area (Å²) in [7, 11) is -26.9. The van der Waals surface area contributed by atoms with Crippen LogP contribution in [-0.2, 0) is 78.5 Å². The summed E-state index contributed by atoms with van der Waals surface area (Å²) in [6.45, 7) is 0. The van der Waals surface area contributed by atoms with Gasteiger partial charge >= 0.3 is 0 Å². The van der Waals surface area contributed by atoms with Crippen molar-refractivity contribution in [2.45, 2.75) is 0 Å². The summed E-state index contributed by atoms with van der Waals surface area (Å²) < 4.78 is 42.7. The fraction of sp³-hybridized carbons (Fsp3) is 0. The fourth-order valence-corrected chi connectivity index (χ4v) is 0. The summed E-state index contributed by atoms with van der Waals surface area (Å²) >= 11 is 0. The Balaban J connectivity index is -0.0000000238. The van der Waals surface area contributed by atoms with E-state index in [-0.39, 0.29) is 61.1 Å². The Hall–Kier alpha value is 2.26. The van der Waals surface area contributed by atoms with Crippen molar-refractivity contribution in [2.24, 2.45) is 0 Å². The van der Waals surface area contributed by atoms with Gasteiger partial charge in [-0.25, -0.2) is 0 Å². The van der Waals surface area contributed by atoms with Crippen LogP contribution in [0.3, 0.4) is 0 Å². The van der Waals surface area contributed by atoms with Crippen LogP contribution in [0.15, 0.2) is 0 Å². The Kier molecular flexibility index (Phi) is 49.6. The maximum atomic E-state index is 8.55. The summed E-state index contributed by atoms with van der Waals surface area (Å²) in [6, 6.07) is 0. The molecule has 2 N–H and O–H groups in total. The molecule has 0 saturated carbocycles. The third-order valence-electron chi connectivity index (χ3n) is 0. The van der Waals surface area contributed by atoms with Gasteiger partial charge in [0.25, 0.3) is 0 Å². The molecule has 0 bridgehead atoms. The summed E-state index contributed by atoms with van der Waals surface area (Å²) in [6.07, 6.45) is 0. The molecule has 183 valence electrons. The van der Waals surface area contributed by atoms with Crippen molar-refractivity contribution >= 4 is 39.1 Å². The molecule has 0 aliphatic heterocycles. The summed E-state index contributed by atoms with van der Waals surface area (Å²) in [5, 5.41) is 0. The smallest absolute Gasteiger partial charge is 0 e. The van der Waals surface area contributed by atoms with E-state index in [1.165, 1.54) is 0 Å². The Morgan fingerprint density at radius 2 is 0.276 bits per heavy atom. The van der Waals surface area contributed by atoms with Crippen LogP contribution in [0.2, 0.25) is 0 Å². The van der Waals surface area contributed by atoms with Crippen LogP contribution in [0, 0.1) is 0 Å². The summed E-state index contributed by atoms with van der Waals surface area (Å²) in [5.41, 5.74) is 0. The minimum Gasteiger partial charge on any atom is -0.822 e. The van der Waals surface area contributed by atoms with Crippen molar-refractivity contribution < 1.29 is 157 Å². The van der Waals surface area contributed by atoms with E-state index in [9.17, 15) is 0 Å². The van der Waals surface area contributed by atoms with Crippen LogP contribution < -0.4 is 73.4 Å². The maximum Gasteiger partial charge on any atom is 0 e. The van der Waals surface area contributed by atoms with Crippen molar-refractivity contribution in [3.63, 3.8) is 0 Å². The topological polar surface area (TPSA) is 463 Å². The van der Waals surface area contributed by atoms with Crippen LogP contribution in [0.5, 0.6) is 0 Å². The second kappa shape index (κ2) is 24.9. The predicted octanol–water partition coefficient (Wildman–Crippen LogP) is -15.0. The first-order valence-electron chi connectivity index (χ1n) is 3.65. The molecule has 0 atom stereocenters. The van der Waals surface area contributed by atoms with Crippen LogP contribution in [-0.4, -0.2) is 5.48 Å². The maximum absolute atomic E-state index is 8.55. The largest absolute Gasteiger partial charge is 0.822 e. The van der Waals surface area contributed by atoms with E-state index in [4.69, 9.17) is 96.2 Å². The van der Waals surface area contributed by atoms with Gasteiger partial charge in [0.2, 0.25) is 0 Å². The molecule has 3 radical (unpaired) electrons. The second-order valence-corrected chi connectivity index (χ2v) is 6.71. The van der Waals surface area contributed by atoms with Crippen LogP contribution in [0.1, 0.15) is 0 Å². The number of phosphoric acid groups is 5. The molecule has 29 heteroatoms. The average Bonchev–Trinajstić information content (AvgIpc) is 1.79. The Morgan fingerprint density at radius 3 is 0.276 bits per heavy atom. The van der Waals surface area contributed by atoms with Crippen molar-refractivity contribution in [2.75, 3.05) is 0 Å². The number of hydrogen-bond acceptors (Lipinski definition) is 20. The molecule has 0 rings (SSSR count). The average molecular weight is 646 g/mol. The van der Waals surface area contributed by atoms with Gasteiger partial charge in [-0.2, -0.15) is 39.1 Å². The molecule has 0 fully saturated rings. The third kappa shape index (κ3) is 4720. The zero-order valence-corrected chi connectivity index (χ0v) is 20.9. The predicted molar refractivity (Wildman–Crippen MR) is 41.6 cm³/mol. The van der Waals surface area contributed by atoms with E-state index in [0.29, 0.717) is 0 Å². The van der Waals surface area contributed by atoms with E-state index < -0.39 is 39.1 Å². The van der Waals surface area contributed by atoms with Gasteiger partial charge in [0.05, 0.1) is 0 Å². The first kappa shape index (κ1) is 57.8. The molecular weight excluding hydrogens is 644 g/mol. The van der Waals surface area contributed by atoms with Gasteiger partial charge in [-0.3, -0.25) is 0 Å². The van der Waals surface area contributed by atoms with Crippen molar-refractivity contribution in [3.05, 3.63) is 0 Å². The number of rotatable bonds is 0. The van der Waals surface area contributed by atoms with Gasteiger partial charge in [0.1, 0.15) is 0 Å². The molecule has 0 heterocycles. The van der Waals surface area contributed by atoms with E-state index in [0.717, 1.165) is 0 Å². The Bertz CT molecular complexity index is 379. The first-order chi connectivity index (χ1) is 10.0. The molecule has 0 aromatic heterocycles. The standard InChI is InChI=1S/5H3O4P.H2O.3V/c5*1-5(2,3)4;;;;/h5*(H3,1,2,3,4);1H2;;;/p-15. The Labute approximate surface area is 196 Å². The molecule has 0 saturated heterocycles. The van der Waals surface area contributed by atoms with Gasteiger partial charge in [0, 0.05) is 55.7 Å². The van der Waals surface area contributed by atoms with E-state index in [1.54, 1.807) is 0 Å². The molecule has 0 aromatic carbocycles. The molecule has 29 heavy (non-hydrogen) atoms. The zero-order valence-electron chi connectivity index (χ0n) is 12.2. The van der Waals surface area contributed by atoms with Crippen molar-refractivity contribution in [1.82, 2.24) is 0 Å². The normalized spacial score (nSPS) is 10.2. The molecular formula is H2O21P5V3-15. The molecule has 0 aliphatic rings. The number of hydrogen-bond donors (Lipinski definition) is 0. The van der Waals surface area contributed by atoms with Gasteiger partial charge < -0.3 is 102 Å². The van der Waals surface area contributed by atoms with Crippen LogP contribution in [0.25, 0.3) is 0 Å². The van der Waals surface area contributed by atoms with E-state index in [2.05, 4.69) is 0 Å². The molecule has 0 spiro atoms. The summed E-state index contributed by atoms with van der Waals surface area (Å²) in [5.74, 6) is 0. The molecule has 21 nitrogen and oxygen atoms in total. The van der Waals surface area contributed by atoms with Gasteiger partial charge in [0.15, 0.2) is 0 Å². The third-order valence-corrected chi connectivity index (χ3v) is 0. The molecule has 0 aromatic rings. The minimum absolute atomic E-state index is 0. The molecule has 0 aliphatic carbocycles. The molecule has 0 unspecified atom stereocenters. The van der Waals surface area contributed by atoms with Crippen LogP contribution in [0.4, 0.5) is 0 Å². The summed E-state index contributed by atoms with van der Waals surface area (Å²) in [4.78, 5) is 128.